The van der Waals surface area contributed by atoms with Gasteiger partial charge in [0.1, 0.15) is 6.61 Å². The van der Waals surface area contributed by atoms with Crippen LogP contribution in [0.3, 0.4) is 0 Å². The summed E-state index contributed by atoms with van der Waals surface area (Å²) in [6.45, 7) is 5.55. The number of hydrazone groups is 1. The smallest absolute Gasteiger partial charge is 0.406 e. The lowest BCUT2D eigenvalue weighted by Gasteiger charge is -2.29. The van der Waals surface area contributed by atoms with Gasteiger partial charge in [-0.3, -0.25) is 5.43 Å². The molecule has 0 atom stereocenters. The Labute approximate surface area is 176 Å². The predicted octanol–water partition coefficient (Wildman–Crippen LogP) is 2.41. The Balaban J connectivity index is 1.69. The number of ether oxygens (including phenoxy) is 3. The Morgan fingerprint density at radius 2 is 2.13 bits per heavy atom. The average Bonchev–Trinajstić information content (AvgIpc) is 2.77. The van der Waals surface area contributed by atoms with Crippen molar-refractivity contribution in [1.82, 2.24) is 10.3 Å². The van der Waals surface area contributed by atoms with E-state index in [1.54, 1.807) is 6.21 Å². The minimum Gasteiger partial charge on any atom is -0.476 e. The molecular formula is C21H27N5O4. The Morgan fingerprint density at radius 1 is 1.30 bits per heavy atom. The third-order valence-electron chi connectivity index (χ3n) is 4.40. The zero-order chi connectivity index (χ0) is 21.2. The van der Waals surface area contributed by atoms with E-state index in [0.717, 1.165) is 24.3 Å². The molecule has 0 saturated carbocycles. The van der Waals surface area contributed by atoms with E-state index in [0.29, 0.717) is 31.5 Å². The predicted molar refractivity (Wildman–Crippen MR) is 116 cm³/mol. The molecule has 1 amide bonds. The number of aromatic nitrogens is 1. The Hall–Kier alpha value is -3.33. The molecule has 1 saturated heterocycles. The molecule has 9 heteroatoms. The van der Waals surface area contributed by atoms with E-state index < -0.39 is 6.09 Å². The molecule has 0 aliphatic carbocycles. The summed E-state index contributed by atoms with van der Waals surface area (Å²) in [6, 6.07) is 11.9. The molecule has 1 aliphatic rings. The highest BCUT2D eigenvalue weighted by atomic mass is 16.5. The van der Waals surface area contributed by atoms with Crippen molar-refractivity contribution >= 4 is 23.8 Å². The van der Waals surface area contributed by atoms with Crippen molar-refractivity contribution in [3.05, 3.63) is 47.5 Å². The summed E-state index contributed by atoms with van der Waals surface area (Å²) >= 11 is 0. The molecule has 30 heavy (non-hydrogen) atoms. The Bertz CT molecular complexity index is 868. The number of amides is 1. The summed E-state index contributed by atoms with van der Waals surface area (Å²) in [7, 11) is 1.32. The van der Waals surface area contributed by atoms with E-state index in [1.165, 1.54) is 12.7 Å². The zero-order valence-electron chi connectivity index (χ0n) is 17.3. The fraction of sp³-hybridized carbons (Fsp3) is 0.381. The summed E-state index contributed by atoms with van der Waals surface area (Å²) in [4.78, 5) is 17.8. The van der Waals surface area contributed by atoms with Crippen LogP contribution in [0.4, 0.5) is 16.3 Å². The largest absolute Gasteiger partial charge is 0.476 e. The van der Waals surface area contributed by atoms with Gasteiger partial charge in [0.25, 0.3) is 0 Å². The molecule has 2 aromatic rings. The maximum atomic E-state index is 11.1. The number of pyridine rings is 1. The first-order chi connectivity index (χ1) is 14.6. The van der Waals surface area contributed by atoms with Gasteiger partial charge in [0.05, 0.1) is 33.1 Å². The van der Waals surface area contributed by atoms with Crippen LogP contribution in [0, 0.1) is 6.92 Å². The van der Waals surface area contributed by atoms with Crippen molar-refractivity contribution in [2.75, 3.05) is 56.9 Å². The molecule has 0 spiro atoms. The number of rotatable bonds is 8. The van der Waals surface area contributed by atoms with Gasteiger partial charge in [-0.25, -0.2) is 4.79 Å². The molecule has 9 nitrogen and oxygen atoms in total. The summed E-state index contributed by atoms with van der Waals surface area (Å²) < 4.78 is 15.7. The maximum absolute atomic E-state index is 11.1. The third-order valence-corrected chi connectivity index (χ3v) is 4.40. The molecular weight excluding hydrogens is 386 g/mol. The van der Waals surface area contributed by atoms with Gasteiger partial charge in [-0.05, 0) is 12.5 Å². The summed E-state index contributed by atoms with van der Waals surface area (Å²) in [5, 5.41) is 6.87. The second kappa shape index (κ2) is 11.0. The van der Waals surface area contributed by atoms with Crippen LogP contribution in [0.2, 0.25) is 0 Å². The van der Waals surface area contributed by atoms with Crippen LogP contribution in [0.25, 0.3) is 0 Å². The van der Waals surface area contributed by atoms with Crippen molar-refractivity contribution in [3.8, 4) is 5.88 Å². The van der Waals surface area contributed by atoms with E-state index in [2.05, 4.69) is 30.5 Å². The molecule has 0 unspecified atom stereocenters. The Morgan fingerprint density at radius 3 is 2.90 bits per heavy atom. The highest BCUT2D eigenvalue weighted by Gasteiger charge is 2.14. The van der Waals surface area contributed by atoms with Crippen molar-refractivity contribution in [2.24, 2.45) is 5.10 Å². The summed E-state index contributed by atoms with van der Waals surface area (Å²) in [6.07, 6.45) is 1.25. The summed E-state index contributed by atoms with van der Waals surface area (Å²) in [5.41, 5.74) is 6.12. The number of carbonyl (C=O) groups excluding carboxylic acids is 1. The molecule has 1 aliphatic heterocycles. The monoisotopic (exact) mass is 413 g/mol. The quantitative estimate of drug-likeness (QED) is 0.390. The highest BCUT2D eigenvalue weighted by molar-refractivity contribution is 5.80. The van der Waals surface area contributed by atoms with Crippen molar-refractivity contribution in [2.45, 2.75) is 6.92 Å². The molecule has 1 aromatic carbocycles. The van der Waals surface area contributed by atoms with Gasteiger partial charge in [-0.2, -0.15) is 10.1 Å². The van der Waals surface area contributed by atoms with Crippen LogP contribution in [0.5, 0.6) is 5.88 Å². The van der Waals surface area contributed by atoms with Crippen LogP contribution >= 0.6 is 0 Å². The number of anilines is 2. The van der Waals surface area contributed by atoms with Gasteiger partial charge in [-0.1, -0.05) is 29.8 Å². The Kier molecular flexibility index (Phi) is 7.85. The van der Waals surface area contributed by atoms with Gasteiger partial charge in [-0.15, -0.1) is 0 Å². The lowest BCUT2D eigenvalue weighted by Crippen LogP contribution is -2.36. The third kappa shape index (κ3) is 6.63. The lowest BCUT2D eigenvalue weighted by molar-refractivity contribution is 0.122. The van der Waals surface area contributed by atoms with Gasteiger partial charge in [0.15, 0.2) is 5.82 Å². The number of benzene rings is 1. The first-order valence-electron chi connectivity index (χ1n) is 9.79. The van der Waals surface area contributed by atoms with Crippen LogP contribution < -0.4 is 20.4 Å². The van der Waals surface area contributed by atoms with Crippen molar-refractivity contribution in [1.29, 1.82) is 0 Å². The van der Waals surface area contributed by atoms with Gasteiger partial charge in [0.2, 0.25) is 5.88 Å². The number of methoxy groups -OCH3 is 1. The molecule has 2 N–H and O–H groups in total. The van der Waals surface area contributed by atoms with E-state index in [9.17, 15) is 4.79 Å². The second-order valence-electron chi connectivity index (χ2n) is 6.70. The fourth-order valence-electron chi connectivity index (χ4n) is 2.93. The van der Waals surface area contributed by atoms with E-state index in [4.69, 9.17) is 9.47 Å². The normalized spacial score (nSPS) is 13.9. The molecule has 0 radical (unpaired) electrons. The van der Waals surface area contributed by atoms with Gasteiger partial charge < -0.3 is 24.4 Å². The SMILES string of the molecule is COC(=O)NCCOc1cc(N2CCOCC2)cc(N/N=C/c2cccc(C)c2)n1. The molecule has 2 heterocycles. The number of aryl methyl sites for hydroxylation is 1. The van der Waals surface area contributed by atoms with Crippen molar-refractivity contribution in [3.63, 3.8) is 0 Å². The van der Waals surface area contributed by atoms with Crippen molar-refractivity contribution < 1.29 is 19.0 Å². The molecule has 0 bridgehead atoms. The minimum absolute atomic E-state index is 0.265. The molecule has 1 fully saturated rings. The van der Waals surface area contributed by atoms with E-state index >= 15 is 0 Å². The number of nitrogens with one attached hydrogen (secondary N) is 2. The summed E-state index contributed by atoms with van der Waals surface area (Å²) in [5.74, 6) is 1.01. The van der Waals surface area contributed by atoms with Crippen LogP contribution in [0.15, 0.2) is 41.5 Å². The minimum atomic E-state index is -0.499. The highest BCUT2D eigenvalue weighted by Crippen LogP contribution is 2.24. The second-order valence-corrected chi connectivity index (χ2v) is 6.70. The number of nitrogens with zero attached hydrogens (tertiary/aromatic N) is 3. The number of hydrogen-bond donors (Lipinski definition) is 2. The first kappa shape index (κ1) is 21.4. The standard InChI is InChI=1S/C21H27N5O4/c1-16-4-3-5-17(12-16)15-23-25-19-13-18(26-7-10-29-11-8-26)14-20(24-19)30-9-6-22-21(27)28-2/h3-5,12-15H,6-11H2,1-2H3,(H,22,27)(H,24,25)/b23-15+. The first-order valence-corrected chi connectivity index (χ1v) is 9.79. The lowest BCUT2D eigenvalue weighted by atomic mass is 10.2. The average molecular weight is 413 g/mol. The number of morpholine rings is 1. The maximum Gasteiger partial charge on any atom is 0.406 e. The van der Waals surface area contributed by atoms with Gasteiger partial charge in [0, 0.05) is 30.9 Å². The molecule has 160 valence electrons. The number of hydrogen-bond acceptors (Lipinski definition) is 8. The molecule has 1 aromatic heterocycles. The molecule has 3 rings (SSSR count). The van der Waals surface area contributed by atoms with E-state index in [-0.39, 0.29) is 6.61 Å². The zero-order valence-corrected chi connectivity index (χ0v) is 17.3. The fourth-order valence-corrected chi connectivity index (χ4v) is 2.93. The van der Waals surface area contributed by atoms with Crippen LogP contribution in [0.1, 0.15) is 11.1 Å². The number of carbonyl (C=O) groups is 1. The van der Waals surface area contributed by atoms with Gasteiger partial charge >= 0.3 is 6.09 Å². The van der Waals surface area contributed by atoms with Crippen LogP contribution in [-0.2, 0) is 9.47 Å². The topological polar surface area (TPSA) is 97.3 Å². The number of alkyl carbamates (subject to hydrolysis) is 1. The van der Waals surface area contributed by atoms with E-state index in [1.807, 2.05) is 43.3 Å². The van der Waals surface area contributed by atoms with Crippen LogP contribution in [-0.4, -0.2) is 63.9 Å².